The van der Waals surface area contributed by atoms with Crippen LogP contribution in [0.2, 0.25) is 5.02 Å². The van der Waals surface area contributed by atoms with E-state index in [0.29, 0.717) is 11.6 Å². The molecule has 0 atom stereocenters. The Morgan fingerprint density at radius 3 is 2.89 bits per heavy atom. The van der Waals surface area contributed by atoms with E-state index in [-0.39, 0.29) is 0 Å². The Morgan fingerprint density at radius 1 is 1.21 bits per heavy atom. The van der Waals surface area contributed by atoms with Crippen molar-refractivity contribution in [1.82, 2.24) is 14.4 Å². The van der Waals surface area contributed by atoms with Crippen molar-refractivity contribution in [3.05, 3.63) is 53.4 Å². The van der Waals surface area contributed by atoms with Gasteiger partial charge < -0.3 is 10.1 Å². The molecule has 0 amide bonds. The Balaban J connectivity index is 2.08. The van der Waals surface area contributed by atoms with Crippen LogP contribution in [-0.2, 0) is 6.54 Å². The molecule has 0 aliphatic carbocycles. The Hall–Kier alpha value is -1.56. The van der Waals surface area contributed by atoms with Crippen LogP contribution in [0.5, 0.6) is 0 Å². The molecule has 96 valence electrons. The summed E-state index contributed by atoms with van der Waals surface area (Å²) in [6, 6.07) is 9.47. The zero-order valence-corrected chi connectivity index (χ0v) is 11.5. The molecule has 0 spiro atoms. The van der Waals surface area contributed by atoms with Crippen molar-refractivity contribution in [1.29, 1.82) is 0 Å². The van der Waals surface area contributed by atoms with E-state index in [4.69, 9.17) is 17.3 Å². The molecule has 0 radical (unpaired) electrons. The molecule has 6 heteroatoms. The second kappa shape index (κ2) is 5.21. The van der Waals surface area contributed by atoms with Crippen molar-refractivity contribution in [2.45, 2.75) is 16.6 Å². The highest BCUT2D eigenvalue weighted by Crippen LogP contribution is 2.33. The highest BCUT2D eigenvalue weighted by atomic mass is 35.5. The van der Waals surface area contributed by atoms with Gasteiger partial charge in [0.2, 0.25) is 0 Å². The summed E-state index contributed by atoms with van der Waals surface area (Å²) in [6.07, 6.45) is 3.67. The monoisotopic (exact) mass is 290 g/mol. The van der Waals surface area contributed by atoms with Crippen molar-refractivity contribution in [3.63, 3.8) is 0 Å². The third kappa shape index (κ3) is 2.32. The third-order valence-electron chi connectivity index (χ3n) is 2.70. The summed E-state index contributed by atoms with van der Waals surface area (Å²) >= 11 is 7.56. The summed E-state index contributed by atoms with van der Waals surface area (Å²) < 4.78 is 1.99. The van der Waals surface area contributed by atoms with Gasteiger partial charge in [0.25, 0.3) is 0 Å². The lowest BCUT2D eigenvalue weighted by molar-refractivity contribution is 0.919. The lowest BCUT2D eigenvalue weighted by Crippen LogP contribution is -2.01. The standard InChI is InChI=1S/C13H11ClN4S/c14-9-4-3-6-16-12(9)19-13-10(8-15)18-7-2-1-5-11(18)17-13/h1-7H,8,15H2. The summed E-state index contributed by atoms with van der Waals surface area (Å²) in [5, 5.41) is 2.20. The van der Waals surface area contributed by atoms with E-state index in [1.807, 2.05) is 34.9 Å². The molecule has 19 heavy (non-hydrogen) atoms. The first-order valence-corrected chi connectivity index (χ1v) is 6.93. The van der Waals surface area contributed by atoms with E-state index in [1.165, 1.54) is 11.8 Å². The van der Waals surface area contributed by atoms with E-state index in [1.54, 1.807) is 12.3 Å². The highest BCUT2D eigenvalue weighted by molar-refractivity contribution is 7.99. The summed E-state index contributed by atoms with van der Waals surface area (Å²) in [4.78, 5) is 8.83. The fraction of sp³-hybridized carbons (Fsp3) is 0.0769. The van der Waals surface area contributed by atoms with Gasteiger partial charge in [-0.05, 0) is 36.0 Å². The van der Waals surface area contributed by atoms with E-state index in [9.17, 15) is 0 Å². The van der Waals surface area contributed by atoms with Crippen LogP contribution in [0.15, 0.2) is 52.8 Å². The predicted octanol–water partition coefficient (Wildman–Crippen LogP) is 2.99. The quantitative estimate of drug-likeness (QED) is 0.806. The molecule has 0 aromatic carbocycles. The molecular weight excluding hydrogens is 280 g/mol. The van der Waals surface area contributed by atoms with Gasteiger partial charge >= 0.3 is 0 Å². The van der Waals surface area contributed by atoms with E-state index in [0.717, 1.165) is 21.4 Å². The summed E-state index contributed by atoms with van der Waals surface area (Å²) in [7, 11) is 0. The van der Waals surface area contributed by atoms with Crippen LogP contribution in [0, 0.1) is 0 Å². The van der Waals surface area contributed by atoms with Crippen LogP contribution >= 0.6 is 23.4 Å². The Bertz CT molecular complexity index is 725. The first-order chi connectivity index (χ1) is 9.29. The van der Waals surface area contributed by atoms with E-state index >= 15 is 0 Å². The van der Waals surface area contributed by atoms with Crippen LogP contribution < -0.4 is 5.73 Å². The number of rotatable bonds is 3. The lowest BCUT2D eigenvalue weighted by Gasteiger charge is -2.02. The molecule has 0 aliphatic heterocycles. The largest absolute Gasteiger partial charge is 0.325 e. The Kier molecular flexibility index (Phi) is 3.42. The number of pyridine rings is 2. The maximum atomic E-state index is 6.12. The first kappa shape index (κ1) is 12.5. The maximum absolute atomic E-state index is 6.12. The molecule has 0 fully saturated rings. The average molecular weight is 291 g/mol. The minimum Gasteiger partial charge on any atom is -0.325 e. The van der Waals surface area contributed by atoms with Crippen LogP contribution in [0.25, 0.3) is 5.65 Å². The Morgan fingerprint density at radius 2 is 2.11 bits per heavy atom. The second-order valence-electron chi connectivity index (χ2n) is 3.89. The van der Waals surface area contributed by atoms with Gasteiger partial charge in [-0.1, -0.05) is 17.7 Å². The fourth-order valence-electron chi connectivity index (χ4n) is 1.83. The van der Waals surface area contributed by atoms with Crippen molar-refractivity contribution in [2.75, 3.05) is 0 Å². The van der Waals surface area contributed by atoms with Crippen LogP contribution in [0.1, 0.15) is 5.69 Å². The SMILES string of the molecule is NCc1c(Sc2ncccc2Cl)nc2ccccn12. The molecule has 3 heterocycles. The number of imidazole rings is 1. The van der Waals surface area contributed by atoms with Gasteiger partial charge in [0, 0.05) is 18.9 Å². The number of hydrogen-bond acceptors (Lipinski definition) is 4. The van der Waals surface area contributed by atoms with E-state index in [2.05, 4.69) is 9.97 Å². The molecular formula is C13H11ClN4S. The number of halogens is 1. The topological polar surface area (TPSA) is 56.2 Å². The number of hydrogen-bond donors (Lipinski definition) is 1. The normalized spacial score (nSPS) is 11.1. The molecule has 3 rings (SSSR count). The summed E-state index contributed by atoms with van der Waals surface area (Å²) in [5.74, 6) is 0. The van der Waals surface area contributed by atoms with Crippen molar-refractivity contribution < 1.29 is 0 Å². The lowest BCUT2D eigenvalue weighted by atomic mass is 10.4. The molecule has 2 N–H and O–H groups in total. The van der Waals surface area contributed by atoms with Gasteiger partial charge in [-0.2, -0.15) is 0 Å². The van der Waals surface area contributed by atoms with Gasteiger partial charge in [0.15, 0.2) is 0 Å². The minimum atomic E-state index is 0.415. The molecule has 0 unspecified atom stereocenters. The van der Waals surface area contributed by atoms with Crippen molar-refractivity contribution >= 4 is 29.0 Å². The van der Waals surface area contributed by atoms with Crippen molar-refractivity contribution in [2.24, 2.45) is 5.73 Å². The van der Waals surface area contributed by atoms with Gasteiger partial charge in [0.1, 0.15) is 15.7 Å². The number of fused-ring (bicyclic) bond motifs is 1. The van der Waals surface area contributed by atoms with Gasteiger partial charge in [-0.15, -0.1) is 0 Å². The Labute approximate surface area is 119 Å². The second-order valence-corrected chi connectivity index (χ2v) is 5.27. The highest BCUT2D eigenvalue weighted by Gasteiger charge is 2.13. The maximum Gasteiger partial charge on any atom is 0.138 e. The average Bonchev–Trinajstić information content (AvgIpc) is 2.78. The third-order valence-corrected chi connectivity index (χ3v) is 4.16. The van der Waals surface area contributed by atoms with Gasteiger partial charge in [-0.25, -0.2) is 9.97 Å². The van der Waals surface area contributed by atoms with Crippen LogP contribution in [0.3, 0.4) is 0 Å². The number of aromatic nitrogens is 3. The van der Waals surface area contributed by atoms with E-state index < -0.39 is 0 Å². The molecule has 4 nitrogen and oxygen atoms in total. The zero-order valence-electron chi connectivity index (χ0n) is 9.95. The summed E-state index contributed by atoms with van der Waals surface area (Å²) in [6.45, 7) is 0.415. The number of nitrogens with zero attached hydrogens (tertiary/aromatic N) is 3. The first-order valence-electron chi connectivity index (χ1n) is 5.74. The molecule has 3 aromatic rings. The summed E-state index contributed by atoms with van der Waals surface area (Å²) in [5.41, 5.74) is 7.66. The molecule has 0 aliphatic rings. The van der Waals surface area contributed by atoms with Gasteiger partial charge in [0.05, 0.1) is 10.7 Å². The molecule has 3 aromatic heterocycles. The minimum absolute atomic E-state index is 0.415. The van der Waals surface area contributed by atoms with Gasteiger partial charge in [-0.3, -0.25) is 0 Å². The van der Waals surface area contributed by atoms with Crippen molar-refractivity contribution in [3.8, 4) is 0 Å². The smallest absolute Gasteiger partial charge is 0.138 e. The van der Waals surface area contributed by atoms with Crippen LogP contribution in [0.4, 0.5) is 0 Å². The molecule has 0 saturated carbocycles. The fourth-order valence-corrected chi connectivity index (χ4v) is 2.97. The number of nitrogens with two attached hydrogens (primary N) is 1. The van der Waals surface area contributed by atoms with Crippen LogP contribution in [-0.4, -0.2) is 14.4 Å². The molecule has 0 bridgehead atoms. The predicted molar refractivity (Wildman–Crippen MR) is 76.5 cm³/mol. The zero-order chi connectivity index (χ0) is 13.2. The molecule has 0 saturated heterocycles.